The molecule has 0 spiro atoms. The van der Waals surface area contributed by atoms with Crippen molar-refractivity contribution in [1.82, 2.24) is 24.9 Å². The van der Waals surface area contributed by atoms with Crippen LogP contribution in [0.1, 0.15) is 12.8 Å². The van der Waals surface area contributed by atoms with Crippen LogP contribution in [0, 0.1) is 0 Å². The lowest BCUT2D eigenvalue weighted by Gasteiger charge is -2.33. The quantitative estimate of drug-likeness (QED) is 0.734. The second-order valence-electron chi connectivity index (χ2n) is 5.81. The van der Waals surface area contributed by atoms with E-state index in [1.54, 1.807) is 41.2 Å². The summed E-state index contributed by atoms with van der Waals surface area (Å²) in [6.07, 6.45) is 2.94. The predicted molar refractivity (Wildman–Crippen MR) is 92.4 cm³/mol. The highest BCUT2D eigenvalue weighted by Gasteiger charge is 2.24. The Morgan fingerprint density at radius 1 is 1.15 bits per heavy atom. The molecule has 10 heteroatoms. The third kappa shape index (κ3) is 5.00. The zero-order chi connectivity index (χ0) is 19.1. The third-order valence-corrected chi connectivity index (χ3v) is 4.02. The van der Waals surface area contributed by atoms with Gasteiger partial charge in [-0.05, 0) is 19.1 Å². The lowest BCUT2D eigenvalue weighted by molar-refractivity contribution is -0.138. The highest BCUT2D eigenvalue weighted by Crippen LogP contribution is 2.14. The number of hydrogen-bond acceptors (Lipinski definition) is 8. The van der Waals surface area contributed by atoms with E-state index in [1.807, 2.05) is 0 Å². The van der Waals surface area contributed by atoms with Crippen molar-refractivity contribution < 1.29 is 23.6 Å². The van der Waals surface area contributed by atoms with E-state index in [-0.39, 0.29) is 25.2 Å². The highest BCUT2D eigenvalue weighted by molar-refractivity contribution is 5.78. The standard InChI is InChI=1S/C17H21N5O5/c1-2-26-17(24)22-9-7-21(8-10-22)15(23)12-25-11-14-19-16(20-27-14)13-3-5-18-6-4-13/h3-6H,2,7-12H2,1H3. The smallest absolute Gasteiger partial charge is 0.409 e. The molecule has 0 bridgehead atoms. The lowest BCUT2D eigenvalue weighted by atomic mass is 10.2. The molecule has 1 fully saturated rings. The van der Waals surface area contributed by atoms with Crippen molar-refractivity contribution in [2.45, 2.75) is 13.5 Å². The molecule has 1 aliphatic heterocycles. The topological polar surface area (TPSA) is 111 Å². The van der Waals surface area contributed by atoms with Gasteiger partial charge in [-0.2, -0.15) is 4.98 Å². The summed E-state index contributed by atoms with van der Waals surface area (Å²) >= 11 is 0. The second-order valence-corrected chi connectivity index (χ2v) is 5.81. The van der Waals surface area contributed by atoms with Crippen LogP contribution in [0.5, 0.6) is 0 Å². The minimum Gasteiger partial charge on any atom is -0.450 e. The molecule has 0 saturated carbocycles. The first-order valence-corrected chi connectivity index (χ1v) is 8.67. The number of rotatable bonds is 6. The van der Waals surface area contributed by atoms with Crippen molar-refractivity contribution >= 4 is 12.0 Å². The fourth-order valence-electron chi connectivity index (χ4n) is 2.60. The van der Waals surface area contributed by atoms with Crippen LogP contribution in [0.25, 0.3) is 11.4 Å². The van der Waals surface area contributed by atoms with E-state index in [0.29, 0.717) is 44.5 Å². The molecule has 2 aromatic rings. The SMILES string of the molecule is CCOC(=O)N1CCN(C(=O)COCc2nc(-c3ccncc3)no2)CC1. The number of pyridine rings is 1. The summed E-state index contributed by atoms with van der Waals surface area (Å²) in [7, 11) is 0. The summed E-state index contributed by atoms with van der Waals surface area (Å²) in [6, 6.07) is 3.55. The van der Waals surface area contributed by atoms with Gasteiger partial charge in [0.1, 0.15) is 13.2 Å². The van der Waals surface area contributed by atoms with Crippen LogP contribution in [0.3, 0.4) is 0 Å². The maximum atomic E-state index is 12.2. The molecule has 0 atom stereocenters. The van der Waals surface area contributed by atoms with Gasteiger partial charge in [-0.25, -0.2) is 4.79 Å². The molecule has 3 heterocycles. The summed E-state index contributed by atoms with van der Waals surface area (Å²) in [5.74, 6) is 0.589. The minimum absolute atomic E-state index is 0.0482. The molecule has 2 aromatic heterocycles. The Kier molecular flexibility index (Phi) is 6.31. The first-order valence-electron chi connectivity index (χ1n) is 8.67. The van der Waals surface area contributed by atoms with Gasteiger partial charge in [-0.3, -0.25) is 9.78 Å². The fourth-order valence-corrected chi connectivity index (χ4v) is 2.60. The number of carbonyl (C=O) groups is 2. The lowest BCUT2D eigenvalue weighted by Crippen LogP contribution is -2.51. The van der Waals surface area contributed by atoms with E-state index < -0.39 is 0 Å². The van der Waals surface area contributed by atoms with Crippen molar-refractivity contribution in [2.75, 3.05) is 39.4 Å². The van der Waals surface area contributed by atoms with Crippen LogP contribution in [0.15, 0.2) is 29.0 Å². The van der Waals surface area contributed by atoms with Gasteiger partial charge in [-0.1, -0.05) is 5.16 Å². The first-order chi connectivity index (χ1) is 13.2. The van der Waals surface area contributed by atoms with Crippen molar-refractivity contribution in [1.29, 1.82) is 0 Å². The van der Waals surface area contributed by atoms with E-state index in [0.717, 1.165) is 5.56 Å². The van der Waals surface area contributed by atoms with Crippen LogP contribution >= 0.6 is 0 Å². The molecule has 10 nitrogen and oxygen atoms in total. The molecular formula is C17H21N5O5. The first kappa shape index (κ1) is 18.8. The highest BCUT2D eigenvalue weighted by atomic mass is 16.6. The summed E-state index contributed by atoms with van der Waals surface area (Å²) in [5.41, 5.74) is 0.788. The summed E-state index contributed by atoms with van der Waals surface area (Å²) in [6.45, 7) is 3.86. The molecule has 2 amide bonds. The van der Waals surface area contributed by atoms with Gasteiger partial charge < -0.3 is 23.8 Å². The van der Waals surface area contributed by atoms with E-state index >= 15 is 0 Å². The molecule has 0 aromatic carbocycles. The number of piperazine rings is 1. The predicted octanol–water partition coefficient (Wildman–Crippen LogP) is 0.949. The Morgan fingerprint density at radius 3 is 2.56 bits per heavy atom. The molecule has 0 unspecified atom stereocenters. The van der Waals surface area contributed by atoms with Gasteiger partial charge in [0.05, 0.1) is 6.61 Å². The average Bonchev–Trinajstić information content (AvgIpc) is 3.18. The molecule has 0 radical (unpaired) electrons. The maximum Gasteiger partial charge on any atom is 0.409 e. The third-order valence-electron chi connectivity index (χ3n) is 4.02. The molecule has 0 aliphatic carbocycles. The number of aromatic nitrogens is 3. The molecule has 0 N–H and O–H groups in total. The Hall–Kier alpha value is -3.01. The van der Waals surface area contributed by atoms with Gasteiger partial charge in [0.2, 0.25) is 11.7 Å². The van der Waals surface area contributed by atoms with Crippen molar-refractivity contribution in [2.24, 2.45) is 0 Å². The van der Waals surface area contributed by atoms with Crippen LogP contribution in [0.4, 0.5) is 4.79 Å². The van der Waals surface area contributed by atoms with Gasteiger partial charge in [-0.15, -0.1) is 0 Å². The van der Waals surface area contributed by atoms with E-state index in [1.165, 1.54) is 0 Å². The summed E-state index contributed by atoms with van der Waals surface area (Å²) < 4.78 is 15.5. The van der Waals surface area contributed by atoms with Gasteiger partial charge in [0.25, 0.3) is 5.89 Å². The minimum atomic E-state index is -0.345. The molecule has 3 rings (SSSR count). The average molecular weight is 375 g/mol. The van der Waals surface area contributed by atoms with E-state index in [2.05, 4.69) is 15.1 Å². The van der Waals surface area contributed by atoms with Crippen molar-refractivity contribution in [3.63, 3.8) is 0 Å². The Balaban J connectivity index is 1.40. The van der Waals surface area contributed by atoms with Gasteiger partial charge >= 0.3 is 6.09 Å². The number of amides is 2. The van der Waals surface area contributed by atoms with E-state index in [9.17, 15) is 9.59 Å². The number of hydrogen-bond donors (Lipinski definition) is 0. The summed E-state index contributed by atoms with van der Waals surface area (Å²) in [5, 5.41) is 3.88. The van der Waals surface area contributed by atoms with Crippen LogP contribution in [0.2, 0.25) is 0 Å². The molecule has 1 saturated heterocycles. The fraction of sp³-hybridized carbons (Fsp3) is 0.471. The second kappa shape index (κ2) is 9.08. The molecule has 27 heavy (non-hydrogen) atoms. The zero-order valence-electron chi connectivity index (χ0n) is 15.0. The Morgan fingerprint density at radius 2 is 1.85 bits per heavy atom. The van der Waals surface area contributed by atoms with E-state index in [4.69, 9.17) is 14.0 Å². The number of ether oxygens (including phenoxy) is 2. The van der Waals surface area contributed by atoms with Crippen LogP contribution in [-0.4, -0.2) is 76.3 Å². The largest absolute Gasteiger partial charge is 0.450 e. The van der Waals surface area contributed by atoms with Crippen LogP contribution in [-0.2, 0) is 20.9 Å². The van der Waals surface area contributed by atoms with Gasteiger partial charge in [0, 0.05) is 44.1 Å². The Labute approximate surface area is 156 Å². The molecule has 144 valence electrons. The van der Waals surface area contributed by atoms with Crippen LogP contribution < -0.4 is 0 Å². The monoisotopic (exact) mass is 375 g/mol. The maximum absolute atomic E-state index is 12.2. The van der Waals surface area contributed by atoms with Crippen molar-refractivity contribution in [3.05, 3.63) is 30.4 Å². The number of nitrogens with zero attached hydrogens (tertiary/aromatic N) is 5. The van der Waals surface area contributed by atoms with Crippen molar-refractivity contribution in [3.8, 4) is 11.4 Å². The normalized spacial score (nSPS) is 14.3. The number of carbonyl (C=O) groups excluding carboxylic acids is 2. The summed E-state index contributed by atoms with van der Waals surface area (Å²) in [4.78, 5) is 35.3. The molecular weight excluding hydrogens is 354 g/mol. The zero-order valence-corrected chi connectivity index (χ0v) is 15.0. The van der Waals surface area contributed by atoms with Gasteiger partial charge in [0.15, 0.2) is 0 Å². The Bertz CT molecular complexity index is 758. The molecule has 1 aliphatic rings.